The lowest BCUT2D eigenvalue weighted by Gasteiger charge is -2.07. The molecule has 0 saturated heterocycles. The van der Waals surface area contributed by atoms with Crippen LogP contribution in [0.5, 0.6) is 5.75 Å². The van der Waals surface area contributed by atoms with E-state index in [1.807, 2.05) is 24.3 Å². The Bertz CT molecular complexity index is 1170. The number of anilines is 2. The summed E-state index contributed by atoms with van der Waals surface area (Å²) >= 11 is 6.42. The Morgan fingerprint density at radius 2 is 1.93 bits per heavy atom. The highest BCUT2D eigenvalue weighted by atomic mass is 35.5. The Morgan fingerprint density at radius 3 is 2.61 bits per heavy atom. The van der Waals surface area contributed by atoms with E-state index in [2.05, 4.69) is 15.4 Å². The summed E-state index contributed by atoms with van der Waals surface area (Å²) in [5.41, 5.74) is 3.18. The molecule has 0 fully saturated rings. The fourth-order valence-electron chi connectivity index (χ4n) is 2.84. The summed E-state index contributed by atoms with van der Waals surface area (Å²) in [6.07, 6.45) is 1.79. The summed E-state index contributed by atoms with van der Waals surface area (Å²) in [5, 5.41) is 17.0. The van der Waals surface area contributed by atoms with Crippen LogP contribution in [0.4, 0.5) is 11.6 Å². The Balaban J connectivity index is 1.70. The van der Waals surface area contributed by atoms with E-state index in [1.165, 1.54) is 12.1 Å². The van der Waals surface area contributed by atoms with Gasteiger partial charge in [0, 0.05) is 23.0 Å². The van der Waals surface area contributed by atoms with E-state index in [9.17, 15) is 4.79 Å². The van der Waals surface area contributed by atoms with Crippen LogP contribution in [0.3, 0.4) is 0 Å². The summed E-state index contributed by atoms with van der Waals surface area (Å²) < 4.78 is 6.86. The highest BCUT2D eigenvalue weighted by Crippen LogP contribution is 2.33. The fraction of sp³-hybridized carbons (Fsp3) is 0.0500. The minimum absolute atomic E-state index is 0.213. The largest absolute Gasteiger partial charge is 0.497 e. The number of carbonyl (C=O) groups is 1. The van der Waals surface area contributed by atoms with Gasteiger partial charge in [0.1, 0.15) is 5.75 Å². The highest BCUT2D eigenvalue weighted by Gasteiger charge is 2.13. The molecule has 0 saturated carbocycles. The van der Waals surface area contributed by atoms with Crippen LogP contribution in [0.2, 0.25) is 5.02 Å². The van der Waals surface area contributed by atoms with Gasteiger partial charge < -0.3 is 15.2 Å². The zero-order chi connectivity index (χ0) is 19.7. The van der Waals surface area contributed by atoms with Crippen molar-refractivity contribution in [2.24, 2.45) is 0 Å². The van der Waals surface area contributed by atoms with Crippen LogP contribution in [0, 0.1) is 0 Å². The number of pyridine rings is 1. The molecular formula is C20H15ClN4O3. The van der Waals surface area contributed by atoms with Crippen LogP contribution in [0.15, 0.2) is 60.8 Å². The lowest BCUT2D eigenvalue weighted by atomic mass is 10.1. The van der Waals surface area contributed by atoms with Crippen molar-refractivity contribution >= 4 is 34.9 Å². The van der Waals surface area contributed by atoms with Gasteiger partial charge in [0.05, 0.1) is 17.7 Å². The molecule has 2 heterocycles. The minimum atomic E-state index is -0.974. The van der Waals surface area contributed by atoms with E-state index in [0.29, 0.717) is 28.1 Å². The molecule has 0 radical (unpaired) electrons. The maximum atomic E-state index is 11.0. The molecule has 0 aliphatic heterocycles. The Morgan fingerprint density at radius 1 is 1.14 bits per heavy atom. The molecule has 140 valence electrons. The third kappa shape index (κ3) is 3.35. The number of fused-ring (bicyclic) bond motifs is 1. The van der Waals surface area contributed by atoms with Gasteiger partial charge in [-0.15, -0.1) is 5.10 Å². The van der Waals surface area contributed by atoms with Crippen LogP contribution in [-0.4, -0.2) is 32.8 Å². The van der Waals surface area contributed by atoms with Crippen molar-refractivity contribution in [3.8, 4) is 16.9 Å². The normalized spacial score (nSPS) is 10.8. The zero-order valence-corrected chi connectivity index (χ0v) is 15.5. The zero-order valence-electron chi connectivity index (χ0n) is 14.8. The number of nitrogens with one attached hydrogen (secondary N) is 1. The quantitative estimate of drug-likeness (QED) is 0.518. The Hall–Kier alpha value is -3.58. The van der Waals surface area contributed by atoms with Crippen molar-refractivity contribution < 1.29 is 14.6 Å². The standard InChI is InChI=1S/C20H15ClN4O3/c1-28-14-8-9-15(17(21)11-14)16-3-2-10-25-18(16)23-20(24-25)22-13-6-4-12(5-7-13)19(26)27/h2-11H,1H3,(H,22,24)(H,26,27). The average molecular weight is 395 g/mol. The summed E-state index contributed by atoms with van der Waals surface area (Å²) in [4.78, 5) is 15.5. The first kappa shape index (κ1) is 17.8. The smallest absolute Gasteiger partial charge is 0.335 e. The second-order valence-electron chi connectivity index (χ2n) is 5.98. The van der Waals surface area contributed by atoms with E-state index in [1.54, 1.807) is 36.0 Å². The van der Waals surface area contributed by atoms with Crippen molar-refractivity contribution in [3.63, 3.8) is 0 Å². The third-order valence-electron chi connectivity index (χ3n) is 4.22. The predicted octanol–water partition coefficient (Wildman–Crippen LogP) is 4.50. The number of halogens is 1. The first-order chi connectivity index (χ1) is 13.5. The van der Waals surface area contributed by atoms with E-state index in [-0.39, 0.29) is 5.56 Å². The average Bonchev–Trinajstić information content (AvgIpc) is 3.11. The molecule has 0 unspecified atom stereocenters. The first-order valence-electron chi connectivity index (χ1n) is 8.35. The van der Waals surface area contributed by atoms with E-state index >= 15 is 0 Å². The first-order valence-corrected chi connectivity index (χ1v) is 8.72. The topological polar surface area (TPSA) is 88.8 Å². The molecule has 2 aromatic carbocycles. The molecule has 0 atom stereocenters. The number of hydrogen-bond donors (Lipinski definition) is 2. The van der Waals surface area contributed by atoms with Crippen LogP contribution in [0.25, 0.3) is 16.8 Å². The number of aromatic nitrogens is 3. The summed E-state index contributed by atoms with van der Waals surface area (Å²) in [5.74, 6) is 0.0907. The molecule has 0 spiro atoms. The molecule has 0 amide bonds. The molecule has 2 aromatic heterocycles. The summed E-state index contributed by atoms with van der Waals surface area (Å²) in [7, 11) is 1.59. The SMILES string of the molecule is COc1ccc(-c2cccn3nc(Nc4ccc(C(=O)O)cc4)nc23)c(Cl)c1. The van der Waals surface area contributed by atoms with Crippen molar-refractivity contribution in [1.29, 1.82) is 0 Å². The minimum Gasteiger partial charge on any atom is -0.497 e. The lowest BCUT2D eigenvalue weighted by molar-refractivity contribution is 0.0697. The van der Waals surface area contributed by atoms with E-state index in [4.69, 9.17) is 21.4 Å². The number of nitrogens with zero attached hydrogens (tertiary/aromatic N) is 3. The monoisotopic (exact) mass is 394 g/mol. The van der Waals surface area contributed by atoms with Gasteiger partial charge in [-0.25, -0.2) is 9.31 Å². The molecule has 2 N–H and O–H groups in total. The van der Waals surface area contributed by atoms with Gasteiger partial charge in [-0.3, -0.25) is 0 Å². The van der Waals surface area contributed by atoms with E-state index < -0.39 is 5.97 Å². The second kappa shape index (κ2) is 7.21. The van der Waals surface area contributed by atoms with Gasteiger partial charge in [0.25, 0.3) is 0 Å². The molecule has 0 bridgehead atoms. The Kier molecular flexibility index (Phi) is 4.58. The third-order valence-corrected chi connectivity index (χ3v) is 4.53. The van der Waals surface area contributed by atoms with Gasteiger partial charge in [-0.05, 0) is 54.6 Å². The molecule has 0 aliphatic rings. The van der Waals surface area contributed by atoms with Crippen LogP contribution in [0.1, 0.15) is 10.4 Å². The van der Waals surface area contributed by atoms with Crippen LogP contribution < -0.4 is 10.1 Å². The Labute approximate surface area is 165 Å². The molecule has 28 heavy (non-hydrogen) atoms. The van der Waals surface area contributed by atoms with Gasteiger partial charge in [0.15, 0.2) is 5.65 Å². The van der Waals surface area contributed by atoms with Crippen molar-refractivity contribution in [1.82, 2.24) is 14.6 Å². The number of carboxylic acid groups (broad SMARTS) is 1. The maximum absolute atomic E-state index is 11.0. The number of hydrogen-bond acceptors (Lipinski definition) is 5. The molecular weight excluding hydrogens is 380 g/mol. The van der Waals surface area contributed by atoms with Crippen LogP contribution >= 0.6 is 11.6 Å². The number of carboxylic acids is 1. The molecule has 7 nitrogen and oxygen atoms in total. The van der Waals surface area contributed by atoms with Crippen molar-refractivity contribution in [3.05, 3.63) is 71.4 Å². The maximum Gasteiger partial charge on any atom is 0.335 e. The molecule has 4 aromatic rings. The van der Waals surface area contributed by atoms with Crippen molar-refractivity contribution in [2.75, 3.05) is 12.4 Å². The molecule has 0 aliphatic carbocycles. The van der Waals surface area contributed by atoms with E-state index in [0.717, 1.165) is 11.1 Å². The van der Waals surface area contributed by atoms with Crippen LogP contribution in [-0.2, 0) is 0 Å². The number of benzene rings is 2. The number of methoxy groups -OCH3 is 1. The van der Waals surface area contributed by atoms with Gasteiger partial charge in [0.2, 0.25) is 5.95 Å². The summed E-state index contributed by atoms with van der Waals surface area (Å²) in [6.45, 7) is 0. The highest BCUT2D eigenvalue weighted by molar-refractivity contribution is 6.33. The van der Waals surface area contributed by atoms with Crippen molar-refractivity contribution in [2.45, 2.75) is 0 Å². The molecule has 8 heteroatoms. The number of ether oxygens (including phenoxy) is 1. The molecule has 4 rings (SSSR count). The van der Waals surface area contributed by atoms with Gasteiger partial charge in [-0.2, -0.15) is 4.98 Å². The summed E-state index contributed by atoms with van der Waals surface area (Å²) in [6, 6.07) is 15.6. The second-order valence-corrected chi connectivity index (χ2v) is 6.39. The van der Waals surface area contributed by atoms with Gasteiger partial charge >= 0.3 is 5.97 Å². The number of rotatable bonds is 5. The van der Waals surface area contributed by atoms with Gasteiger partial charge in [-0.1, -0.05) is 11.6 Å². The lowest BCUT2D eigenvalue weighted by Crippen LogP contribution is -1.97. The number of aromatic carboxylic acids is 1. The fourth-order valence-corrected chi connectivity index (χ4v) is 3.11. The predicted molar refractivity (Wildman–Crippen MR) is 107 cm³/mol.